The molecule has 0 bridgehead atoms. The average molecular weight is 241 g/mol. The molecule has 0 aliphatic rings. The van der Waals surface area contributed by atoms with Crippen molar-refractivity contribution in [1.82, 2.24) is 5.32 Å². The van der Waals surface area contributed by atoms with Gasteiger partial charge in [-0.3, -0.25) is 0 Å². The number of thioether (sulfide) groups is 1. The van der Waals surface area contributed by atoms with Crippen LogP contribution in [0.25, 0.3) is 0 Å². The van der Waals surface area contributed by atoms with Crippen molar-refractivity contribution in [3.05, 3.63) is 0 Å². The molecule has 0 aliphatic carbocycles. The van der Waals surface area contributed by atoms with Crippen LogP contribution in [0.2, 0.25) is 0 Å². The molecule has 0 atom stereocenters. The van der Waals surface area contributed by atoms with Crippen molar-refractivity contribution in [2.45, 2.75) is 0 Å². The van der Waals surface area contributed by atoms with Crippen LogP contribution in [0.3, 0.4) is 0 Å². The Balaban J connectivity index is 3.07. The minimum absolute atomic E-state index is 0.274. The number of ether oxygens (including phenoxy) is 1. The van der Waals surface area contributed by atoms with Gasteiger partial charge >= 0.3 is 0 Å². The molecular formula is C8H19NO3S2. The summed E-state index contributed by atoms with van der Waals surface area (Å²) in [5.41, 5.74) is 0. The topological polar surface area (TPSA) is 55.4 Å². The molecule has 0 radical (unpaired) electrons. The minimum atomic E-state index is -2.79. The fourth-order valence-corrected chi connectivity index (χ4v) is 2.93. The third kappa shape index (κ3) is 12.2. The van der Waals surface area contributed by atoms with E-state index < -0.39 is 9.84 Å². The van der Waals surface area contributed by atoms with Crippen LogP contribution >= 0.6 is 11.8 Å². The van der Waals surface area contributed by atoms with E-state index in [4.69, 9.17) is 4.74 Å². The first-order valence-electron chi connectivity index (χ1n) is 4.51. The van der Waals surface area contributed by atoms with Gasteiger partial charge in [-0.05, 0) is 0 Å². The van der Waals surface area contributed by atoms with Crippen LogP contribution in [0.4, 0.5) is 0 Å². The molecular weight excluding hydrogens is 222 g/mol. The summed E-state index contributed by atoms with van der Waals surface area (Å²) >= 11 is 1.66. The van der Waals surface area contributed by atoms with Gasteiger partial charge in [-0.15, -0.1) is 0 Å². The van der Waals surface area contributed by atoms with E-state index in [1.54, 1.807) is 18.9 Å². The van der Waals surface area contributed by atoms with Crippen LogP contribution in [0.15, 0.2) is 0 Å². The molecule has 0 saturated heterocycles. The van der Waals surface area contributed by atoms with Gasteiger partial charge in [0.1, 0.15) is 9.84 Å². The van der Waals surface area contributed by atoms with Crippen molar-refractivity contribution >= 4 is 21.6 Å². The molecule has 14 heavy (non-hydrogen) atoms. The fourth-order valence-electron chi connectivity index (χ4n) is 0.756. The molecule has 0 rings (SSSR count). The second-order valence-electron chi connectivity index (χ2n) is 2.99. The highest BCUT2D eigenvalue weighted by molar-refractivity contribution is 8.00. The molecule has 86 valence electrons. The van der Waals surface area contributed by atoms with Crippen LogP contribution in [-0.4, -0.2) is 58.7 Å². The Morgan fingerprint density at radius 1 is 1.29 bits per heavy atom. The lowest BCUT2D eigenvalue weighted by Crippen LogP contribution is -2.22. The van der Waals surface area contributed by atoms with Gasteiger partial charge < -0.3 is 10.1 Å². The summed E-state index contributed by atoms with van der Waals surface area (Å²) in [6, 6.07) is 0. The van der Waals surface area contributed by atoms with Crippen LogP contribution in [-0.2, 0) is 14.6 Å². The van der Waals surface area contributed by atoms with Gasteiger partial charge in [-0.1, -0.05) is 0 Å². The Morgan fingerprint density at radius 2 is 2.00 bits per heavy atom. The molecule has 0 spiro atoms. The van der Waals surface area contributed by atoms with E-state index in [1.807, 2.05) is 0 Å². The van der Waals surface area contributed by atoms with Gasteiger partial charge in [0, 0.05) is 38.0 Å². The fraction of sp³-hybridized carbons (Fsp3) is 1.00. The molecule has 0 aromatic carbocycles. The third-order valence-corrected chi connectivity index (χ3v) is 3.69. The van der Waals surface area contributed by atoms with Gasteiger partial charge in [0.25, 0.3) is 0 Å². The summed E-state index contributed by atoms with van der Waals surface area (Å²) in [4.78, 5) is 0. The van der Waals surface area contributed by atoms with Crippen molar-refractivity contribution in [2.24, 2.45) is 0 Å². The molecule has 0 fully saturated rings. The highest BCUT2D eigenvalue weighted by Crippen LogP contribution is 1.99. The Bertz CT molecular complexity index is 217. The van der Waals surface area contributed by atoms with Crippen molar-refractivity contribution in [1.29, 1.82) is 0 Å². The molecule has 1 N–H and O–H groups in total. The zero-order valence-corrected chi connectivity index (χ0v) is 10.4. The Morgan fingerprint density at radius 3 is 2.57 bits per heavy atom. The first-order valence-corrected chi connectivity index (χ1v) is 7.73. The smallest absolute Gasteiger partial charge is 0.148 e. The van der Waals surface area contributed by atoms with Crippen molar-refractivity contribution in [3.8, 4) is 0 Å². The largest absolute Gasteiger partial charge is 0.383 e. The summed E-state index contributed by atoms with van der Waals surface area (Å²) in [6.45, 7) is 2.47. The first-order chi connectivity index (χ1) is 6.56. The van der Waals surface area contributed by atoms with E-state index in [2.05, 4.69) is 5.32 Å². The SMILES string of the molecule is COCCNCCSCCS(C)(=O)=O. The molecule has 6 heteroatoms. The van der Waals surface area contributed by atoms with Crippen LogP contribution in [0.1, 0.15) is 0 Å². The maximum atomic E-state index is 10.8. The quantitative estimate of drug-likeness (QED) is 0.576. The predicted octanol–water partition coefficient (Wildman–Crippen LogP) is 0.000200. The molecule has 4 nitrogen and oxygen atoms in total. The lowest BCUT2D eigenvalue weighted by atomic mass is 10.6. The van der Waals surface area contributed by atoms with E-state index in [1.165, 1.54) is 6.26 Å². The number of methoxy groups -OCH3 is 1. The number of rotatable bonds is 9. The van der Waals surface area contributed by atoms with E-state index in [-0.39, 0.29) is 5.75 Å². The summed E-state index contributed by atoms with van der Waals surface area (Å²) in [7, 11) is -1.12. The van der Waals surface area contributed by atoms with Crippen molar-refractivity contribution < 1.29 is 13.2 Å². The van der Waals surface area contributed by atoms with Gasteiger partial charge in [0.2, 0.25) is 0 Å². The summed E-state index contributed by atoms with van der Waals surface area (Å²) in [6.07, 6.45) is 1.27. The average Bonchev–Trinajstić information content (AvgIpc) is 2.08. The zero-order valence-electron chi connectivity index (χ0n) is 8.78. The van der Waals surface area contributed by atoms with E-state index >= 15 is 0 Å². The standard InChI is InChI=1S/C8H19NO3S2/c1-12-5-3-9-4-6-13-7-8-14(2,10)11/h9H,3-8H2,1-2H3. The first kappa shape index (κ1) is 14.2. The number of sulfone groups is 1. The highest BCUT2D eigenvalue weighted by Gasteiger charge is 2.00. The number of hydrogen-bond donors (Lipinski definition) is 1. The van der Waals surface area contributed by atoms with Crippen LogP contribution in [0.5, 0.6) is 0 Å². The normalized spacial score (nSPS) is 11.9. The number of nitrogens with one attached hydrogen (secondary N) is 1. The summed E-state index contributed by atoms with van der Waals surface area (Å²) in [5.74, 6) is 1.90. The zero-order chi connectivity index (χ0) is 10.9. The Hall–Kier alpha value is 0.220. The summed E-state index contributed by atoms with van der Waals surface area (Å²) < 4.78 is 26.4. The summed E-state index contributed by atoms with van der Waals surface area (Å²) in [5, 5.41) is 3.19. The Labute approximate surface area is 90.7 Å². The second-order valence-corrected chi connectivity index (χ2v) is 6.47. The van der Waals surface area contributed by atoms with Crippen LogP contribution < -0.4 is 5.32 Å². The van der Waals surface area contributed by atoms with E-state index in [0.29, 0.717) is 12.4 Å². The molecule has 0 amide bonds. The monoisotopic (exact) mass is 241 g/mol. The maximum absolute atomic E-state index is 10.8. The van der Waals surface area contributed by atoms with Crippen molar-refractivity contribution in [2.75, 3.05) is 50.3 Å². The van der Waals surface area contributed by atoms with E-state index in [9.17, 15) is 8.42 Å². The second kappa shape index (κ2) is 8.52. The van der Waals surface area contributed by atoms with Gasteiger partial charge in [0.05, 0.1) is 12.4 Å². The molecule has 0 unspecified atom stereocenters. The molecule has 0 heterocycles. The van der Waals surface area contributed by atoms with Gasteiger partial charge in [0.15, 0.2) is 0 Å². The highest BCUT2D eigenvalue weighted by atomic mass is 32.2. The Kier molecular flexibility index (Phi) is 8.66. The lowest BCUT2D eigenvalue weighted by molar-refractivity contribution is 0.200. The predicted molar refractivity (Wildman–Crippen MR) is 61.8 cm³/mol. The lowest BCUT2D eigenvalue weighted by Gasteiger charge is -2.03. The molecule has 0 aliphatic heterocycles. The van der Waals surface area contributed by atoms with Crippen molar-refractivity contribution in [3.63, 3.8) is 0 Å². The molecule has 0 saturated carbocycles. The minimum Gasteiger partial charge on any atom is -0.383 e. The molecule has 0 aromatic heterocycles. The van der Waals surface area contributed by atoms with Crippen LogP contribution in [0, 0.1) is 0 Å². The van der Waals surface area contributed by atoms with E-state index in [0.717, 1.165) is 18.8 Å². The third-order valence-electron chi connectivity index (χ3n) is 1.50. The van der Waals surface area contributed by atoms with Gasteiger partial charge in [-0.2, -0.15) is 11.8 Å². The number of hydrogen-bond acceptors (Lipinski definition) is 5. The van der Waals surface area contributed by atoms with Gasteiger partial charge in [-0.25, -0.2) is 8.42 Å². The molecule has 0 aromatic rings. The maximum Gasteiger partial charge on any atom is 0.148 e.